The van der Waals surface area contributed by atoms with Crippen LogP contribution < -0.4 is 10.6 Å². The first-order valence-electron chi connectivity index (χ1n) is 10.8. The quantitative estimate of drug-likeness (QED) is 0.654. The molecule has 0 spiro atoms. The Morgan fingerprint density at radius 3 is 2.52 bits per heavy atom. The fraction of sp³-hybridized carbons (Fsp3) is 0.522. The van der Waals surface area contributed by atoms with E-state index < -0.39 is 6.04 Å². The van der Waals surface area contributed by atoms with E-state index in [1.165, 1.54) is 11.3 Å². The first-order valence-corrected chi connectivity index (χ1v) is 11.6. The summed E-state index contributed by atoms with van der Waals surface area (Å²) in [4.78, 5) is 32.2. The van der Waals surface area contributed by atoms with Crippen LogP contribution in [0.15, 0.2) is 35.7 Å². The largest absolute Gasteiger partial charge is 0.373 e. The molecule has 31 heavy (non-hydrogen) atoms. The summed E-state index contributed by atoms with van der Waals surface area (Å²) >= 11 is 1.41. The molecule has 1 aliphatic heterocycles. The summed E-state index contributed by atoms with van der Waals surface area (Å²) in [6.07, 6.45) is 0.649. The van der Waals surface area contributed by atoms with Crippen molar-refractivity contribution >= 4 is 28.3 Å². The first-order chi connectivity index (χ1) is 14.8. The predicted molar refractivity (Wildman–Crippen MR) is 123 cm³/mol. The Morgan fingerprint density at radius 1 is 1.19 bits per heavy atom. The van der Waals surface area contributed by atoms with Gasteiger partial charge in [-0.25, -0.2) is 4.98 Å². The van der Waals surface area contributed by atoms with Crippen LogP contribution in [-0.2, 0) is 27.3 Å². The predicted octanol–water partition coefficient (Wildman–Crippen LogP) is 3.07. The Balaban J connectivity index is 1.55. The van der Waals surface area contributed by atoms with Crippen LogP contribution in [0.4, 0.5) is 5.13 Å². The molecule has 1 aromatic carbocycles. The number of carbonyl (C=O) groups is 2. The molecule has 2 N–H and O–H groups in total. The standard InChI is InChI=1S/C23H32N4O3S/c1-15(2)21(25-20(28)10-18-8-6-5-7-9-18)22(29)26-23-24-19(14-31-23)13-27-11-16(3)30-17(4)12-27/h5-9,14-17,21H,10-13H2,1-4H3,(H,25,28)(H,24,26,29)/t16-,17-,21-/m1/s1. The normalized spacial score (nSPS) is 20.4. The zero-order valence-corrected chi connectivity index (χ0v) is 19.4. The molecule has 0 saturated carbocycles. The SMILES string of the molecule is CC(C)[C@@H](NC(=O)Cc1ccccc1)C(=O)Nc1nc(CN2C[C@@H](C)O[C@H](C)C2)cs1. The third-order valence-corrected chi connectivity index (χ3v) is 5.94. The molecule has 1 fully saturated rings. The highest BCUT2D eigenvalue weighted by atomic mass is 32.1. The molecule has 2 heterocycles. The van der Waals surface area contributed by atoms with Gasteiger partial charge < -0.3 is 15.4 Å². The maximum absolute atomic E-state index is 12.8. The molecule has 2 aromatic rings. The van der Waals surface area contributed by atoms with Crippen molar-refractivity contribution in [3.8, 4) is 0 Å². The van der Waals surface area contributed by atoms with Crippen LogP contribution in [0.1, 0.15) is 39.0 Å². The van der Waals surface area contributed by atoms with Crippen molar-refractivity contribution < 1.29 is 14.3 Å². The van der Waals surface area contributed by atoms with E-state index in [0.717, 1.165) is 30.9 Å². The maximum Gasteiger partial charge on any atom is 0.248 e. The molecular weight excluding hydrogens is 412 g/mol. The third-order valence-electron chi connectivity index (χ3n) is 5.14. The van der Waals surface area contributed by atoms with Crippen molar-refractivity contribution in [2.75, 3.05) is 18.4 Å². The van der Waals surface area contributed by atoms with Crippen molar-refractivity contribution in [2.24, 2.45) is 5.92 Å². The molecule has 1 saturated heterocycles. The molecule has 1 aromatic heterocycles. The number of carbonyl (C=O) groups excluding carboxylic acids is 2. The molecule has 0 radical (unpaired) electrons. The second kappa shape index (κ2) is 10.8. The Morgan fingerprint density at radius 2 is 1.87 bits per heavy atom. The van der Waals surface area contributed by atoms with Crippen molar-refractivity contribution in [2.45, 2.75) is 58.9 Å². The van der Waals surface area contributed by atoms with Gasteiger partial charge in [0, 0.05) is 25.0 Å². The monoisotopic (exact) mass is 444 g/mol. The number of aromatic nitrogens is 1. The number of rotatable bonds is 8. The summed E-state index contributed by atoms with van der Waals surface area (Å²) in [5.41, 5.74) is 1.84. The van der Waals surface area contributed by atoms with Gasteiger partial charge >= 0.3 is 0 Å². The maximum atomic E-state index is 12.8. The molecule has 0 unspecified atom stereocenters. The third kappa shape index (κ3) is 7.12. The van der Waals surface area contributed by atoms with Gasteiger partial charge in [0.1, 0.15) is 6.04 Å². The van der Waals surface area contributed by atoms with Crippen molar-refractivity contribution in [3.63, 3.8) is 0 Å². The lowest BCUT2D eigenvalue weighted by Crippen LogP contribution is -2.47. The lowest BCUT2D eigenvalue weighted by Gasteiger charge is -2.34. The van der Waals surface area contributed by atoms with Gasteiger partial charge in [-0.15, -0.1) is 11.3 Å². The summed E-state index contributed by atoms with van der Waals surface area (Å²) in [5, 5.41) is 8.27. The summed E-state index contributed by atoms with van der Waals surface area (Å²) in [7, 11) is 0. The number of nitrogens with zero attached hydrogens (tertiary/aromatic N) is 2. The molecule has 168 valence electrons. The minimum atomic E-state index is -0.621. The molecule has 8 heteroatoms. The van der Waals surface area contributed by atoms with Crippen LogP contribution in [0.5, 0.6) is 0 Å². The van der Waals surface area contributed by atoms with Gasteiger partial charge in [0.25, 0.3) is 0 Å². The summed E-state index contributed by atoms with van der Waals surface area (Å²) in [5.74, 6) is -0.461. The smallest absolute Gasteiger partial charge is 0.248 e. The zero-order valence-electron chi connectivity index (χ0n) is 18.6. The van der Waals surface area contributed by atoms with Gasteiger partial charge in [-0.3, -0.25) is 14.5 Å². The number of morpholine rings is 1. The van der Waals surface area contributed by atoms with Gasteiger partial charge in [-0.05, 0) is 25.3 Å². The number of hydrogen-bond donors (Lipinski definition) is 2. The van der Waals surface area contributed by atoms with Gasteiger partial charge in [-0.2, -0.15) is 0 Å². The van der Waals surface area contributed by atoms with Gasteiger partial charge in [-0.1, -0.05) is 44.2 Å². The number of ether oxygens (including phenoxy) is 1. The highest BCUT2D eigenvalue weighted by Gasteiger charge is 2.26. The molecule has 1 aliphatic rings. The highest BCUT2D eigenvalue weighted by molar-refractivity contribution is 7.13. The molecule has 0 bridgehead atoms. The van der Waals surface area contributed by atoms with E-state index in [0.29, 0.717) is 5.13 Å². The molecule has 7 nitrogen and oxygen atoms in total. The summed E-state index contributed by atoms with van der Waals surface area (Å²) in [6, 6.07) is 8.88. The Kier molecular flexibility index (Phi) is 8.17. The van der Waals surface area contributed by atoms with Crippen molar-refractivity contribution in [1.82, 2.24) is 15.2 Å². The van der Waals surface area contributed by atoms with E-state index in [-0.39, 0.29) is 36.4 Å². The minimum absolute atomic E-state index is 0.0459. The fourth-order valence-electron chi connectivity index (χ4n) is 3.80. The van der Waals surface area contributed by atoms with Crippen LogP contribution in [0.3, 0.4) is 0 Å². The van der Waals surface area contributed by atoms with E-state index in [1.807, 2.05) is 49.6 Å². The molecular formula is C23H32N4O3S. The van der Waals surface area contributed by atoms with E-state index in [9.17, 15) is 9.59 Å². The number of amides is 2. The van der Waals surface area contributed by atoms with Gasteiger partial charge in [0.2, 0.25) is 11.8 Å². The van der Waals surface area contributed by atoms with Crippen LogP contribution >= 0.6 is 11.3 Å². The number of hydrogen-bond acceptors (Lipinski definition) is 6. The van der Waals surface area contributed by atoms with Crippen LogP contribution in [0.2, 0.25) is 0 Å². The zero-order chi connectivity index (χ0) is 22.4. The van der Waals surface area contributed by atoms with Gasteiger partial charge in [0.15, 0.2) is 5.13 Å². The van der Waals surface area contributed by atoms with Crippen molar-refractivity contribution in [1.29, 1.82) is 0 Å². The van der Waals surface area contributed by atoms with Crippen LogP contribution in [-0.4, -0.2) is 53.0 Å². The fourth-order valence-corrected chi connectivity index (χ4v) is 4.51. The number of nitrogens with one attached hydrogen (secondary N) is 2. The topological polar surface area (TPSA) is 83.6 Å². The molecule has 2 amide bonds. The highest BCUT2D eigenvalue weighted by Crippen LogP contribution is 2.20. The molecule has 3 rings (SSSR count). The van der Waals surface area contributed by atoms with E-state index >= 15 is 0 Å². The first kappa shape index (κ1) is 23.4. The lowest BCUT2D eigenvalue weighted by atomic mass is 10.0. The van der Waals surface area contributed by atoms with E-state index in [2.05, 4.69) is 34.4 Å². The number of thiazole rings is 1. The second-order valence-corrected chi connectivity index (χ2v) is 9.39. The minimum Gasteiger partial charge on any atom is -0.373 e. The van der Waals surface area contributed by atoms with Crippen LogP contribution in [0, 0.1) is 5.92 Å². The average molecular weight is 445 g/mol. The van der Waals surface area contributed by atoms with E-state index in [4.69, 9.17) is 4.74 Å². The Bertz CT molecular complexity index is 861. The summed E-state index contributed by atoms with van der Waals surface area (Å²) in [6.45, 7) is 10.5. The average Bonchev–Trinajstić information content (AvgIpc) is 3.12. The number of anilines is 1. The van der Waals surface area contributed by atoms with Crippen molar-refractivity contribution in [3.05, 3.63) is 47.0 Å². The van der Waals surface area contributed by atoms with Gasteiger partial charge in [0.05, 0.1) is 24.3 Å². The lowest BCUT2D eigenvalue weighted by molar-refractivity contribution is -0.127. The molecule has 3 atom stereocenters. The molecule has 0 aliphatic carbocycles. The van der Waals surface area contributed by atoms with E-state index in [1.54, 1.807) is 0 Å². The summed E-state index contributed by atoms with van der Waals surface area (Å²) < 4.78 is 5.78. The Hall–Kier alpha value is -2.29. The number of benzene rings is 1. The Labute approximate surface area is 188 Å². The second-order valence-electron chi connectivity index (χ2n) is 8.54. The van der Waals surface area contributed by atoms with Crippen LogP contribution in [0.25, 0.3) is 0 Å².